The van der Waals surface area contributed by atoms with Crippen molar-refractivity contribution in [3.63, 3.8) is 0 Å². The second-order valence-corrected chi connectivity index (χ2v) is 7.83. The maximum absolute atomic E-state index is 12.4. The van der Waals surface area contributed by atoms with Gasteiger partial charge in [0.1, 0.15) is 5.75 Å². The first-order chi connectivity index (χ1) is 10.4. The molecule has 0 aromatic heterocycles. The van der Waals surface area contributed by atoms with Crippen LogP contribution in [-0.2, 0) is 14.8 Å². The molecule has 0 N–H and O–H groups in total. The summed E-state index contributed by atoms with van der Waals surface area (Å²) in [7, 11) is -2.10. The summed E-state index contributed by atoms with van der Waals surface area (Å²) in [6.07, 6.45) is 0. The summed E-state index contributed by atoms with van der Waals surface area (Å²) in [5, 5.41) is -0.295. The van der Waals surface area contributed by atoms with Gasteiger partial charge in [-0.3, -0.25) is 14.5 Å². The smallest absolute Gasteiger partial charge is 0.289 e. The van der Waals surface area contributed by atoms with Crippen LogP contribution in [0.4, 0.5) is 4.79 Å². The van der Waals surface area contributed by atoms with Crippen LogP contribution in [0.1, 0.15) is 0 Å². The van der Waals surface area contributed by atoms with Crippen LogP contribution in [0.2, 0.25) is 0 Å². The number of carbonyl (C=O) groups excluding carboxylic acids is 2. The maximum Gasteiger partial charge on any atom is 0.289 e. The lowest BCUT2D eigenvalue weighted by Gasteiger charge is -2.41. The molecule has 0 bridgehead atoms. The second-order valence-electron chi connectivity index (χ2n) is 4.97. The lowest BCUT2D eigenvalue weighted by molar-refractivity contribution is -0.127. The number of hydrogen-bond acceptors (Lipinski definition) is 6. The van der Waals surface area contributed by atoms with E-state index in [9.17, 15) is 18.0 Å². The van der Waals surface area contributed by atoms with Gasteiger partial charge < -0.3 is 4.74 Å². The zero-order chi connectivity index (χ0) is 15.9. The van der Waals surface area contributed by atoms with Crippen LogP contribution in [-0.4, -0.2) is 60.8 Å². The van der Waals surface area contributed by atoms with E-state index in [1.807, 2.05) is 0 Å². The summed E-state index contributed by atoms with van der Waals surface area (Å²) in [5.41, 5.74) is 0. The summed E-state index contributed by atoms with van der Waals surface area (Å²) >= 11 is 0.956. The first-order valence-electron chi connectivity index (χ1n) is 6.56. The van der Waals surface area contributed by atoms with Gasteiger partial charge in [0.15, 0.2) is 0 Å². The predicted octanol–water partition coefficient (Wildman–Crippen LogP) is 0.763. The van der Waals surface area contributed by atoms with Crippen molar-refractivity contribution in [1.82, 2.24) is 9.21 Å². The first kappa shape index (κ1) is 15.3. The van der Waals surface area contributed by atoms with Crippen LogP contribution < -0.4 is 4.74 Å². The van der Waals surface area contributed by atoms with Crippen molar-refractivity contribution in [2.45, 2.75) is 10.9 Å². The van der Waals surface area contributed by atoms with Gasteiger partial charge in [-0.1, -0.05) is 11.8 Å². The molecule has 7 nitrogen and oxygen atoms in total. The molecule has 1 aromatic carbocycles. The predicted molar refractivity (Wildman–Crippen MR) is 80.2 cm³/mol. The molecule has 22 heavy (non-hydrogen) atoms. The van der Waals surface area contributed by atoms with Crippen LogP contribution in [0.3, 0.4) is 0 Å². The summed E-state index contributed by atoms with van der Waals surface area (Å²) in [4.78, 5) is 24.6. The van der Waals surface area contributed by atoms with Crippen LogP contribution in [0.25, 0.3) is 0 Å². The molecule has 2 fully saturated rings. The molecule has 2 amide bonds. The fourth-order valence-corrected chi connectivity index (χ4v) is 4.68. The fourth-order valence-electron chi connectivity index (χ4n) is 2.39. The van der Waals surface area contributed by atoms with Crippen LogP contribution in [0.5, 0.6) is 5.75 Å². The van der Waals surface area contributed by atoms with E-state index in [2.05, 4.69) is 0 Å². The third-order valence-corrected chi connectivity index (χ3v) is 6.36. The van der Waals surface area contributed by atoms with E-state index in [4.69, 9.17) is 4.74 Å². The molecule has 0 aliphatic carbocycles. The SMILES string of the molecule is COc1ccc(S(=O)(=O)N2CC(N3C(=O)CSC3=O)C2)cc1. The number of carbonyl (C=O) groups is 2. The third kappa shape index (κ3) is 2.49. The largest absolute Gasteiger partial charge is 0.497 e. The first-order valence-corrected chi connectivity index (χ1v) is 8.99. The molecule has 9 heteroatoms. The molecule has 0 saturated carbocycles. The van der Waals surface area contributed by atoms with E-state index >= 15 is 0 Å². The Morgan fingerprint density at radius 1 is 1.18 bits per heavy atom. The topological polar surface area (TPSA) is 84.0 Å². The number of methoxy groups -OCH3 is 1. The van der Waals surface area contributed by atoms with Crippen molar-refractivity contribution in [2.75, 3.05) is 26.0 Å². The Hall–Kier alpha value is -1.58. The molecule has 0 atom stereocenters. The molecule has 3 rings (SSSR count). The number of nitrogens with zero attached hydrogens (tertiary/aromatic N) is 2. The zero-order valence-electron chi connectivity index (χ0n) is 11.8. The number of imide groups is 1. The van der Waals surface area contributed by atoms with Crippen molar-refractivity contribution >= 4 is 32.9 Å². The average molecular weight is 342 g/mol. The summed E-state index contributed by atoms with van der Waals surface area (Å²) in [5.74, 6) is 0.466. The number of hydrogen-bond donors (Lipinski definition) is 0. The third-order valence-electron chi connectivity index (χ3n) is 3.68. The summed E-state index contributed by atoms with van der Waals surface area (Å²) < 4.78 is 31.1. The van der Waals surface area contributed by atoms with E-state index in [0.717, 1.165) is 11.8 Å². The second kappa shape index (κ2) is 5.56. The Bertz CT molecular complexity index is 694. The highest BCUT2D eigenvalue weighted by Crippen LogP contribution is 2.30. The highest BCUT2D eigenvalue weighted by Gasteiger charge is 2.45. The molecule has 2 saturated heterocycles. The molecule has 118 valence electrons. The van der Waals surface area contributed by atoms with E-state index in [1.54, 1.807) is 12.1 Å². The van der Waals surface area contributed by atoms with Gasteiger partial charge in [0, 0.05) is 13.1 Å². The van der Waals surface area contributed by atoms with Crippen molar-refractivity contribution in [1.29, 1.82) is 0 Å². The molecular formula is C13H14N2O5S2. The van der Waals surface area contributed by atoms with Gasteiger partial charge in [-0.2, -0.15) is 4.31 Å². The van der Waals surface area contributed by atoms with Crippen molar-refractivity contribution in [2.24, 2.45) is 0 Å². The fraction of sp³-hybridized carbons (Fsp3) is 0.385. The quantitative estimate of drug-likeness (QED) is 0.803. The van der Waals surface area contributed by atoms with Crippen molar-refractivity contribution in [3.05, 3.63) is 24.3 Å². The minimum absolute atomic E-state index is 0.139. The minimum Gasteiger partial charge on any atom is -0.497 e. The van der Waals surface area contributed by atoms with Crippen molar-refractivity contribution < 1.29 is 22.7 Å². The Morgan fingerprint density at radius 2 is 1.82 bits per heavy atom. The van der Waals surface area contributed by atoms with Gasteiger partial charge in [-0.15, -0.1) is 0 Å². The Kier molecular flexibility index (Phi) is 3.87. The molecular weight excluding hydrogens is 328 g/mol. The van der Waals surface area contributed by atoms with E-state index in [-0.39, 0.29) is 40.9 Å². The molecule has 0 spiro atoms. The number of thioether (sulfide) groups is 1. The van der Waals surface area contributed by atoms with E-state index in [1.165, 1.54) is 28.4 Å². The minimum atomic E-state index is -3.60. The summed E-state index contributed by atoms with van der Waals surface area (Å²) in [6, 6.07) is 5.75. The lowest BCUT2D eigenvalue weighted by atomic mass is 10.1. The highest BCUT2D eigenvalue weighted by molar-refractivity contribution is 8.14. The molecule has 0 radical (unpaired) electrons. The van der Waals surface area contributed by atoms with Crippen molar-refractivity contribution in [3.8, 4) is 5.75 Å². The van der Waals surface area contributed by atoms with Gasteiger partial charge in [0.25, 0.3) is 5.24 Å². The number of benzene rings is 1. The highest BCUT2D eigenvalue weighted by atomic mass is 32.2. The number of ether oxygens (including phenoxy) is 1. The number of rotatable bonds is 4. The molecule has 2 heterocycles. The van der Waals surface area contributed by atoms with Crippen LogP contribution in [0.15, 0.2) is 29.2 Å². The van der Waals surface area contributed by atoms with Gasteiger partial charge >= 0.3 is 0 Å². The van der Waals surface area contributed by atoms with Gasteiger partial charge in [-0.25, -0.2) is 8.42 Å². The monoisotopic (exact) mass is 342 g/mol. The molecule has 2 aliphatic heterocycles. The number of sulfonamides is 1. The van der Waals surface area contributed by atoms with Crippen LogP contribution in [0, 0.1) is 0 Å². The van der Waals surface area contributed by atoms with Crippen LogP contribution >= 0.6 is 11.8 Å². The Labute approximate surface area is 132 Å². The Morgan fingerprint density at radius 3 is 2.32 bits per heavy atom. The summed E-state index contributed by atoms with van der Waals surface area (Å²) in [6.45, 7) is 0.290. The van der Waals surface area contributed by atoms with E-state index in [0.29, 0.717) is 5.75 Å². The maximum atomic E-state index is 12.4. The average Bonchev–Trinajstić information content (AvgIpc) is 2.78. The van der Waals surface area contributed by atoms with Gasteiger partial charge in [0.2, 0.25) is 15.9 Å². The number of amides is 2. The van der Waals surface area contributed by atoms with Gasteiger partial charge in [0.05, 0.1) is 23.8 Å². The molecule has 0 unspecified atom stereocenters. The Balaban J connectivity index is 1.70. The van der Waals surface area contributed by atoms with Gasteiger partial charge in [-0.05, 0) is 24.3 Å². The molecule has 1 aromatic rings. The normalized spacial score (nSPS) is 20.3. The molecule has 2 aliphatic rings. The lowest BCUT2D eigenvalue weighted by Crippen LogP contribution is -2.61. The van der Waals surface area contributed by atoms with E-state index < -0.39 is 10.0 Å². The zero-order valence-corrected chi connectivity index (χ0v) is 13.4. The standard InChI is InChI=1S/C13H14N2O5S2/c1-20-10-2-4-11(5-3-10)22(18,19)14-6-9(7-14)15-12(16)8-21-13(15)17/h2-5,9H,6-8H2,1H3.